The fourth-order valence-corrected chi connectivity index (χ4v) is 3.93. The van der Waals surface area contributed by atoms with Gasteiger partial charge in [-0.25, -0.2) is 12.8 Å². The summed E-state index contributed by atoms with van der Waals surface area (Å²) in [6.45, 7) is 3.06. The first-order valence-corrected chi connectivity index (χ1v) is 7.98. The van der Waals surface area contributed by atoms with Crippen LogP contribution in [0.5, 0.6) is 0 Å². The zero-order chi connectivity index (χ0) is 15.6. The van der Waals surface area contributed by atoms with E-state index in [0.29, 0.717) is 19.5 Å². The van der Waals surface area contributed by atoms with Gasteiger partial charge in [-0.1, -0.05) is 6.92 Å². The molecular formula is C12H16FN3O4S. The van der Waals surface area contributed by atoms with E-state index in [2.05, 4.69) is 5.32 Å². The fraction of sp³-hybridized carbons (Fsp3) is 0.500. The first-order valence-electron chi connectivity index (χ1n) is 6.54. The van der Waals surface area contributed by atoms with Crippen LogP contribution in [0.4, 0.5) is 10.1 Å². The van der Waals surface area contributed by atoms with Crippen LogP contribution < -0.4 is 5.32 Å². The van der Waals surface area contributed by atoms with Gasteiger partial charge < -0.3 is 5.32 Å². The Morgan fingerprint density at radius 1 is 1.48 bits per heavy atom. The molecule has 1 saturated heterocycles. The number of hydrogen-bond donors (Lipinski definition) is 1. The van der Waals surface area contributed by atoms with E-state index in [-0.39, 0.29) is 12.6 Å². The lowest BCUT2D eigenvalue weighted by Crippen LogP contribution is -2.58. The van der Waals surface area contributed by atoms with Gasteiger partial charge in [-0.05, 0) is 12.5 Å². The minimum Gasteiger partial charge on any atom is -0.313 e. The Kier molecular flexibility index (Phi) is 4.55. The molecule has 21 heavy (non-hydrogen) atoms. The summed E-state index contributed by atoms with van der Waals surface area (Å²) in [5.74, 6) is -0.978. The van der Waals surface area contributed by atoms with Gasteiger partial charge in [0.2, 0.25) is 10.0 Å². The topological polar surface area (TPSA) is 92.6 Å². The Hall–Kier alpha value is -1.58. The first-order chi connectivity index (χ1) is 9.87. The summed E-state index contributed by atoms with van der Waals surface area (Å²) >= 11 is 0. The molecule has 0 saturated carbocycles. The molecule has 9 heteroatoms. The minimum atomic E-state index is -4.10. The number of sulfonamides is 1. The normalized spacial score (nSPS) is 16.0. The van der Waals surface area contributed by atoms with Gasteiger partial charge in [-0.15, -0.1) is 0 Å². The highest BCUT2D eigenvalue weighted by Crippen LogP contribution is 2.26. The van der Waals surface area contributed by atoms with Crippen LogP contribution in [-0.2, 0) is 10.0 Å². The molecule has 0 atom stereocenters. The molecule has 7 nitrogen and oxygen atoms in total. The number of non-ortho nitro benzene ring substituents is 1. The standard InChI is InChI=1S/C12H16FN3O4S/c1-2-5-15(10-7-14-8-10)21(19,20)12-6-9(16(17)18)3-4-11(12)13/h3-4,6,10,14H,2,5,7-8H2,1H3. The fourth-order valence-electron chi connectivity index (χ4n) is 2.13. The molecule has 1 aromatic carbocycles. The number of halogens is 1. The van der Waals surface area contributed by atoms with Crippen LogP contribution in [-0.4, -0.2) is 43.3 Å². The molecule has 1 heterocycles. The molecule has 0 radical (unpaired) electrons. The number of nitro groups is 1. The highest BCUT2D eigenvalue weighted by Gasteiger charge is 2.36. The van der Waals surface area contributed by atoms with Gasteiger partial charge in [0.25, 0.3) is 5.69 Å². The third-order valence-corrected chi connectivity index (χ3v) is 5.29. The molecule has 1 aliphatic rings. The third-order valence-electron chi connectivity index (χ3n) is 3.32. The van der Waals surface area contributed by atoms with Crippen LogP contribution in [0.3, 0.4) is 0 Å². The maximum Gasteiger partial charge on any atom is 0.270 e. The van der Waals surface area contributed by atoms with Crippen LogP contribution in [0.2, 0.25) is 0 Å². The van der Waals surface area contributed by atoms with Crippen LogP contribution in [0, 0.1) is 15.9 Å². The predicted molar refractivity (Wildman–Crippen MR) is 73.9 cm³/mol. The molecule has 1 aromatic rings. The number of nitro benzene ring substituents is 1. The zero-order valence-electron chi connectivity index (χ0n) is 11.5. The van der Waals surface area contributed by atoms with Gasteiger partial charge >= 0.3 is 0 Å². The van der Waals surface area contributed by atoms with Crippen molar-refractivity contribution >= 4 is 15.7 Å². The number of benzene rings is 1. The number of rotatable bonds is 6. The van der Waals surface area contributed by atoms with Crippen LogP contribution in [0.1, 0.15) is 13.3 Å². The lowest BCUT2D eigenvalue weighted by molar-refractivity contribution is -0.385. The minimum absolute atomic E-state index is 0.242. The lowest BCUT2D eigenvalue weighted by atomic mass is 10.2. The van der Waals surface area contributed by atoms with Crippen LogP contribution in [0.15, 0.2) is 23.1 Å². The number of hydrogen-bond acceptors (Lipinski definition) is 5. The molecule has 0 spiro atoms. The second kappa shape index (κ2) is 6.04. The first kappa shape index (κ1) is 15.8. The van der Waals surface area contributed by atoms with Gasteiger partial charge in [0, 0.05) is 31.8 Å². The van der Waals surface area contributed by atoms with Crippen LogP contribution >= 0.6 is 0 Å². The zero-order valence-corrected chi connectivity index (χ0v) is 12.3. The largest absolute Gasteiger partial charge is 0.313 e. The summed E-state index contributed by atoms with van der Waals surface area (Å²) in [6, 6.07) is 2.30. The maximum absolute atomic E-state index is 13.9. The maximum atomic E-state index is 13.9. The van der Waals surface area contributed by atoms with Crippen LogP contribution in [0.25, 0.3) is 0 Å². The second-order valence-electron chi connectivity index (χ2n) is 4.80. The molecular weight excluding hydrogens is 301 g/mol. The smallest absolute Gasteiger partial charge is 0.270 e. The Labute approximate surface area is 122 Å². The average molecular weight is 317 g/mol. The van der Waals surface area contributed by atoms with E-state index in [4.69, 9.17) is 0 Å². The quantitative estimate of drug-likeness (QED) is 0.626. The second-order valence-corrected chi connectivity index (χ2v) is 6.66. The highest BCUT2D eigenvalue weighted by atomic mass is 32.2. The number of nitrogens with one attached hydrogen (secondary N) is 1. The van der Waals surface area contributed by atoms with E-state index in [1.165, 1.54) is 4.31 Å². The summed E-state index contributed by atoms with van der Waals surface area (Å²) in [5, 5.41) is 13.7. The van der Waals surface area contributed by atoms with Crippen molar-refractivity contribution in [2.24, 2.45) is 0 Å². The molecule has 1 N–H and O–H groups in total. The van der Waals surface area contributed by atoms with Crippen molar-refractivity contribution in [1.29, 1.82) is 0 Å². The van der Waals surface area contributed by atoms with E-state index < -0.39 is 31.3 Å². The van der Waals surface area contributed by atoms with Gasteiger partial charge in [0.15, 0.2) is 0 Å². The molecule has 116 valence electrons. The van der Waals surface area contributed by atoms with E-state index >= 15 is 0 Å². The van der Waals surface area contributed by atoms with Gasteiger partial charge in [0.05, 0.1) is 11.0 Å². The van der Waals surface area contributed by atoms with E-state index in [0.717, 1.165) is 18.2 Å². The summed E-state index contributed by atoms with van der Waals surface area (Å²) in [6.07, 6.45) is 0.576. The monoisotopic (exact) mass is 317 g/mol. The molecule has 2 rings (SSSR count). The highest BCUT2D eigenvalue weighted by molar-refractivity contribution is 7.89. The van der Waals surface area contributed by atoms with Gasteiger partial charge in [0.1, 0.15) is 10.7 Å². The molecule has 0 aromatic heterocycles. The Bertz CT molecular complexity index is 646. The summed E-state index contributed by atoms with van der Waals surface area (Å²) < 4.78 is 40.3. The molecule has 0 bridgehead atoms. The van der Waals surface area contributed by atoms with Crippen molar-refractivity contribution < 1.29 is 17.7 Å². The molecule has 1 aliphatic heterocycles. The lowest BCUT2D eigenvalue weighted by Gasteiger charge is -2.37. The molecule has 0 unspecified atom stereocenters. The summed E-state index contributed by atoms with van der Waals surface area (Å²) in [7, 11) is -4.10. The van der Waals surface area contributed by atoms with Gasteiger partial charge in [-0.2, -0.15) is 4.31 Å². The third kappa shape index (κ3) is 3.04. The molecule has 0 aliphatic carbocycles. The van der Waals surface area contributed by atoms with Crippen molar-refractivity contribution in [3.8, 4) is 0 Å². The Morgan fingerprint density at radius 3 is 2.62 bits per heavy atom. The SMILES string of the molecule is CCCN(C1CNC1)S(=O)(=O)c1cc([N+](=O)[O-])ccc1F. The van der Waals surface area contributed by atoms with Gasteiger partial charge in [-0.3, -0.25) is 10.1 Å². The molecule has 0 amide bonds. The van der Waals surface area contributed by atoms with Crippen molar-refractivity contribution in [2.75, 3.05) is 19.6 Å². The van der Waals surface area contributed by atoms with Crippen molar-refractivity contribution in [3.63, 3.8) is 0 Å². The Balaban J connectivity index is 2.45. The van der Waals surface area contributed by atoms with E-state index in [1.54, 1.807) is 0 Å². The Morgan fingerprint density at radius 2 is 2.14 bits per heavy atom. The summed E-state index contributed by atoms with van der Waals surface area (Å²) in [4.78, 5) is 9.37. The van der Waals surface area contributed by atoms with Crippen molar-refractivity contribution in [2.45, 2.75) is 24.3 Å². The number of nitrogens with zero attached hydrogens (tertiary/aromatic N) is 2. The average Bonchev–Trinajstić information content (AvgIpc) is 2.36. The van der Waals surface area contributed by atoms with E-state index in [9.17, 15) is 22.9 Å². The molecule has 1 fully saturated rings. The predicted octanol–water partition coefficient (Wildman–Crippen LogP) is 1.11. The van der Waals surface area contributed by atoms with E-state index in [1.807, 2.05) is 6.92 Å². The van der Waals surface area contributed by atoms with Crippen molar-refractivity contribution in [3.05, 3.63) is 34.1 Å². The van der Waals surface area contributed by atoms with Crippen molar-refractivity contribution in [1.82, 2.24) is 9.62 Å². The summed E-state index contributed by atoms with van der Waals surface area (Å²) in [5.41, 5.74) is -0.446.